The second kappa shape index (κ2) is 6.08. The molecule has 1 aliphatic heterocycles. The molecule has 0 saturated carbocycles. The Labute approximate surface area is 135 Å². The third-order valence-electron chi connectivity index (χ3n) is 3.74. The molecule has 1 aromatic heterocycles. The molecule has 1 aromatic carbocycles. The molecular weight excluding hydrogens is 294 g/mol. The van der Waals surface area contributed by atoms with Crippen LogP contribution in [0.3, 0.4) is 0 Å². The summed E-state index contributed by atoms with van der Waals surface area (Å²) in [5.41, 5.74) is 4.15. The van der Waals surface area contributed by atoms with Crippen LogP contribution < -0.4 is 4.90 Å². The Kier molecular flexibility index (Phi) is 4.16. The quantitative estimate of drug-likeness (QED) is 0.645. The summed E-state index contributed by atoms with van der Waals surface area (Å²) in [6, 6.07) is 10.1. The molecule has 1 aliphatic rings. The number of fused-ring (bicyclic) bond motifs is 1. The van der Waals surface area contributed by atoms with E-state index in [9.17, 15) is 4.79 Å². The lowest BCUT2D eigenvalue weighted by Gasteiger charge is -2.21. The van der Waals surface area contributed by atoms with Gasteiger partial charge in [-0.05, 0) is 44.9 Å². The van der Waals surface area contributed by atoms with Crippen molar-refractivity contribution in [3.8, 4) is 0 Å². The van der Waals surface area contributed by atoms with Gasteiger partial charge in [-0.1, -0.05) is 30.0 Å². The monoisotopic (exact) mass is 313 g/mol. The number of benzene rings is 1. The molecular formula is C17H19N3OS. The van der Waals surface area contributed by atoms with E-state index >= 15 is 0 Å². The molecule has 2 heterocycles. The third-order valence-corrected chi connectivity index (χ3v) is 4.69. The lowest BCUT2D eigenvalue weighted by molar-refractivity contribution is -0.117. The number of anilines is 1. The fourth-order valence-corrected chi connectivity index (χ4v) is 3.68. The predicted octanol–water partition coefficient (Wildman–Crippen LogP) is 3.16. The minimum atomic E-state index is -0.202. The van der Waals surface area contributed by atoms with Gasteiger partial charge in [0.25, 0.3) is 0 Å². The van der Waals surface area contributed by atoms with Crippen LogP contribution >= 0.6 is 11.8 Å². The van der Waals surface area contributed by atoms with Gasteiger partial charge in [-0.15, -0.1) is 0 Å². The number of thioether (sulfide) groups is 1. The van der Waals surface area contributed by atoms with Gasteiger partial charge in [0.1, 0.15) is 0 Å². The summed E-state index contributed by atoms with van der Waals surface area (Å²) in [6.07, 6.45) is 0.930. The largest absolute Gasteiger partial charge is 0.311 e. The van der Waals surface area contributed by atoms with Crippen molar-refractivity contribution in [3.05, 3.63) is 47.3 Å². The van der Waals surface area contributed by atoms with Crippen LogP contribution in [0.5, 0.6) is 0 Å². The summed E-state index contributed by atoms with van der Waals surface area (Å²) in [6.45, 7) is 6.58. The number of rotatable bonds is 3. The normalized spacial score (nSPS) is 14.8. The van der Waals surface area contributed by atoms with Crippen LogP contribution in [0.1, 0.15) is 23.9 Å². The molecule has 1 unspecified atom stereocenters. The number of para-hydroxylation sites is 1. The zero-order valence-electron chi connectivity index (χ0n) is 13.0. The maximum atomic E-state index is 12.7. The first-order chi connectivity index (χ1) is 10.5. The van der Waals surface area contributed by atoms with E-state index in [2.05, 4.69) is 16.0 Å². The number of carbonyl (C=O) groups is 1. The van der Waals surface area contributed by atoms with Crippen LogP contribution in [0.15, 0.2) is 35.5 Å². The molecule has 1 atom stereocenters. The molecule has 22 heavy (non-hydrogen) atoms. The van der Waals surface area contributed by atoms with Crippen molar-refractivity contribution in [2.45, 2.75) is 37.6 Å². The Morgan fingerprint density at radius 1 is 1.23 bits per heavy atom. The first-order valence-corrected chi connectivity index (χ1v) is 8.31. The Hall–Kier alpha value is -1.88. The highest BCUT2D eigenvalue weighted by Gasteiger charge is 2.28. The minimum Gasteiger partial charge on any atom is -0.311 e. The van der Waals surface area contributed by atoms with Crippen LogP contribution in [0, 0.1) is 13.8 Å². The van der Waals surface area contributed by atoms with Gasteiger partial charge in [-0.2, -0.15) is 0 Å². The van der Waals surface area contributed by atoms with Gasteiger partial charge >= 0.3 is 0 Å². The molecule has 0 spiro atoms. The van der Waals surface area contributed by atoms with Crippen molar-refractivity contribution >= 4 is 23.4 Å². The van der Waals surface area contributed by atoms with E-state index in [0.29, 0.717) is 5.16 Å². The van der Waals surface area contributed by atoms with Crippen LogP contribution in [0.4, 0.5) is 5.69 Å². The number of carbonyl (C=O) groups excluding carboxylic acids is 1. The van der Waals surface area contributed by atoms with Crippen molar-refractivity contribution in [2.24, 2.45) is 0 Å². The lowest BCUT2D eigenvalue weighted by atomic mass is 10.2. The summed E-state index contributed by atoms with van der Waals surface area (Å²) in [5, 5.41) is 0.471. The summed E-state index contributed by atoms with van der Waals surface area (Å²) in [7, 11) is 0. The van der Waals surface area contributed by atoms with Crippen molar-refractivity contribution in [1.82, 2.24) is 9.97 Å². The van der Waals surface area contributed by atoms with Gasteiger partial charge in [0.15, 0.2) is 5.16 Å². The molecule has 2 aromatic rings. The average Bonchev–Trinajstić information content (AvgIpc) is 2.89. The van der Waals surface area contributed by atoms with Gasteiger partial charge in [-0.3, -0.25) is 4.79 Å². The van der Waals surface area contributed by atoms with E-state index in [0.717, 1.165) is 30.0 Å². The van der Waals surface area contributed by atoms with Crippen LogP contribution in [0.25, 0.3) is 0 Å². The summed E-state index contributed by atoms with van der Waals surface area (Å²) in [5.74, 6) is 0.123. The van der Waals surface area contributed by atoms with E-state index in [4.69, 9.17) is 0 Å². The van der Waals surface area contributed by atoms with Crippen LogP contribution in [-0.2, 0) is 11.2 Å². The Balaban J connectivity index is 1.75. The fourth-order valence-electron chi connectivity index (χ4n) is 2.74. The molecule has 0 N–H and O–H groups in total. The Morgan fingerprint density at radius 3 is 2.64 bits per heavy atom. The number of aryl methyl sites for hydroxylation is 2. The molecule has 0 fully saturated rings. The summed E-state index contributed by atoms with van der Waals surface area (Å²) in [4.78, 5) is 23.4. The summed E-state index contributed by atoms with van der Waals surface area (Å²) >= 11 is 1.43. The maximum absolute atomic E-state index is 12.7. The SMILES string of the molecule is Cc1cc(C)nc(SC(C)C(=O)N2CCc3ccccc32)n1. The highest BCUT2D eigenvalue weighted by atomic mass is 32.2. The standard InChI is InChI=1S/C17H19N3OS/c1-11-10-12(2)19-17(18-11)22-13(3)16(21)20-9-8-14-6-4-5-7-15(14)20/h4-7,10,13H,8-9H2,1-3H3. The molecule has 114 valence electrons. The van der Waals surface area contributed by atoms with Crippen LogP contribution in [0.2, 0.25) is 0 Å². The van der Waals surface area contributed by atoms with Crippen LogP contribution in [-0.4, -0.2) is 27.7 Å². The average molecular weight is 313 g/mol. The highest BCUT2D eigenvalue weighted by molar-refractivity contribution is 8.00. The first-order valence-electron chi connectivity index (χ1n) is 7.43. The van der Waals surface area contributed by atoms with Crippen molar-refractivity contribution in [3.63, 3.8) is 0 Å². The molecule has 3 rings (SSSR count). The Bertz CT molecular complexity index is 697. The van der Waals surface area contributed by atoms with Gasteiger partial charge in [0.05, 0.1) is 5.25 Å². The van der Waals surface area contributed by atoms with Gasteiger partial charge in [0, 0.05) is 23.6 Å². The van der Waals surface area contributed by atoms with Crippen molar-refractivity contribution in [2.75, 3.05) is 11.4 Å². The number of amides is 1. The number of aromatic nitrogens is 2. The lowest BCUT2D eigenvalue weighted by Crippen LogP contribution is -2.35. The van der Waals surface area contributed by atoms with Gasteiger partial charge in [0.2, 0.25) is 5.91 Å². The predicted molar refractivity (Wildman–Crippen MR) is 89.3 cm³/mol. The fraction of sp³-hybridized carbons (Fsp3) is 0.353. The molecule has 4 nitrogen and oxygen atoms in total. The second-order valence-corrected chi connectivity index (χ2v) is 6.87. The zero-order valence-corrected chi connectivity index (χ0v) is 13.9. The second-order valence-electron chi connectivity index (χ2n) is 5.56. The summed E-state index contributed by atoms with van der Waals surface area (Å²) < 4.78 is 0. The third kappa shape index (κ3) is 2.99. The van der Waals surface area contributed by atoms with Gasteiger partial charge in [-0.25, -0.2) is 9.97 Å². The van der Waals surface area contributed by atoms with Gasteiger partial charge < -0.3 is 4.90 Å². The maximum Gasteiger partial charge on any atom is 0.240 e. The van der Waals surface area contributed by atoms with Crippen molar-refractivity contribution in [1.29, 1.82) is 0 Å². The highest BCUT2D eigenvalue weighted by Crippen LogP contribution is 2.30. The molecule has 1 amide bonds. The smallest absolute Gasteiger partial charge is 0.240 e. The first kappa shape index (κ1) is 15.0. The molecule has 0 radical (unpaired) electrons. The topological polar surface area (TPSA) is 46.1 Å². The number of nitrogens with zero attached hydrogens (tertiary/aromatic N) is 3. The molecule has 5 heteroatoms. The number of hydrogen-bond donors (Lipinski definition) is 0. The zero-order chi connectivity index (χ0) is 15.7. The van der Waals surface area contributed by atoms with E-state index in [-0.39, 0.29) is 11.2 Å². The number of hydrogen-bond acceptors (Lipinski definition) is 4. The molecule has 0 aliphatic carbocycles. The van der Waals surface area contributed by atoms with E-state index < -0.39 is 0 Å². The van der Waals surface area contributed by atoms with E-state index in [1.54, 1.807) is 0 Å². The van der Waals surface area contributed by atoms with E-state index in [1.807, 2.05) is 49.9 Å². The Morgan fingerprint density at radius 2 is 1.91 bits per heavy atom. The minimum absolute atomic E-state index is 0.123. The molecule has 0 saturated heterocycles. The molecule has 0 bridgehead atoms. The van der Waals surface area contributed by atoms with E-state index in [1.165, 1.54) is 17.3 Å². The van der Waals surface area contributed by atoms with Crippen molar-refractivity contribution < 1.29 is 4.79 Å².